The van der Waals surface area contributed by atoms with Crippen LogP contribution in [0, 0.1) is 0 Å². The molecule has 21 heavy (non-hydrogen) atoms. The van der Waals surface area contributed by atoms with Gasteiger partial charge in [-0.1, -0.05) is 6.07 Å². The summed E-state index contributed by atoms with van der Waals surface area (Å²) in [7, 11) is 1.28. The number of aliphatic carboxylic acids is 1. The maximum atomic E-state index is 11.6. The second kappa shape index (κ2) is 6.19. The Kier molecular flexibility index (Phi) is 4.34. The summed E-state index contributed by atoms with van der Waals surface area (Å²) in [5, 5.41) is 22.0. The molecule has 7 heteroatoms. The third kappa shape index (κ3) is 3.09. The number of anilines is 1. The van der Waals surface area contributed by atoms with Gasteiger partial charge in [0.1, 0.15) is 11.9 Å². The minimum atomic E-state index is -1.19. The summed E-state index contributed by atoms with van der Waals surface area (Å²) in [6, 6.07) is 5.44. The summed E-state index contributed by atoms with van der Waals surface area (Å²) >= 11 is 0. The molecule has 7 nitrogen and oxygen atoms in total. The number of benzene rings is 1. The van der Waals surface area contributed by atoms with Gasteiger partial charge in [0.2, 0.25) is 0 Å². The van der Waals surface area contributed by atoms with Gasteiger partial charge in [-0.05, 0) is 23.6 Å². The van der Waals surface area contributed by atoms with Crippen LogP contribution in [-0.2, 0) is 9.53 Å². The number of carbonyl (C=O) groups excluding carboxylic acids is 1. The molecule has 0 bridgehead atoms. The summed E-state index contributed by atoms with van der Waals surface area (Å²) < 4.78 is 4.65. The lowest BCUT2D eigenvalue weighted by Crippen LogP contribution is -2.33. The van der Waals surface area contributed by atoms with E-state index in [1.54, 1.807) is 24.3 Å². The van der Waals surface area contributed by atoms with Gasteiger partial charge in [-0.2, -0.15) is 0 Å². The SMILES string of the molecule is COC(=O)c1ccc2ccnc(NC(CO)C(=O)O)c2c1. The molecule has 1 heterocycles. The molecule has 0 aliphatic heterocycles. The summed E-state index contributed by atoms with van der Waals surface area (Å²) in [6.07, 6.45) is 1.51. The standard InChI is InChI=1S/C14H14N2O5/c1-21-14(20)9-3-2-8-4-5-15-12(10(8)6-9)16-11(7-17)13(18)19/h2-6,11,17H,7H2,1H3,(H,15,16)(H,18,19). The quantitative estimate of drug-likeness (QED) is 0.701. The predicted octanol–water partition coefficient (Wildman–Crippen LogP) is 0.879. The minimum absolute atomic E-state index is 0.278. The maximum absolute atomic E-state index is 11.6. The highest BCUT2D eigenvalue weighted by molar-refractivity contribution is 5.99. The van der Waals surface area contributed by atoms with E-state index in [9.17, 15) is 9.59 Å². The van der Waals surface area contributed by atoms with Crippen molar-refractivity contribution in [3.8, 4) is 0 Å². The zero-order chi connectivity index (χ0) is 15.4. The fraction of sp³-hybridized carbons (Fsp3) is 0.214. The van der Waals surface area contributed by atoms with Crippen molar-refractivity contribution in [3.63, 3.8) is 0 Å². The fourth-order valence-corrected chi connectivity index (χ4v) is 1.88. The van der Waals surface area contributed by atoms with E-state index in [0.717, 1.165) is 5.39 Å². The number of hydrogen-bond acceptors (Lipinski definition) is 6. The lowest BCUT2D eigenvalue weighted by atomic mass is 10.1. The highest BCUT2D eigenvalue weighted by Gasteiger charge is 2.18. The van der Waals surface area contributed by atoms with E-state index in [0.29, 0.717) is 10.9 Å². The molecule has 1 unspecified atom stereocenters. The molecule has 1 aromatic heterocycles. The number of pyridine rings is 1. The number of ether oxygens (including phenoxy) is 1. The van der Waals surface area contributed by atoms with Crippen LogP contribution in [-0.4, -0.2) is 46.9 Å². The average molecular weight is 290 g/mol. The lowest BCUT2D eigenvalue weighted by molar-refractivity contribution is -0.138. The Morgan fingerprint density at radius 2 is 2.14 bits per heavy atom. The number of methoxy groups -OCH3 is 1. The van der Waals surface area contributed by atoms with Gasteiger partial charge in [0, 0.05) is 11.6 Å². The second-order valence-corrected chi connectivity index (χ2v) is 4.30. The van der Waals surface area contributed by atoms with Gasteiger partial charge in [-0.25, -0.2) is 14.6 Å². The topological polar surface area (TPSA) is 109 Å². The number of aliphatic hydroxyl groups is 1. The van der Waals surface area contributed by atoms with Crippen LogP contribution in [0.1, 0.15) is 10.4 Å². The number of nitrogens with one attached hydrogen (secondary N) is 1. The molecule has 0 amide bonds. The van der Waals surface area contributed by atoms with Crippen LogP contribution in [0.4, 0.5) is 5.82 Å². The molecular formula is C14H14N2O5. The number of aromatic nitrogens is 1. The van der Waals surface area contributed by atoms with E-state index in [2.05, 4.69) is 15.0 Å². The molecule has 0 saturated heterocycles. The number of rotatable bonds is 5. The van der Waals surface area contributed by atoms with Crippen LogP contribution in [0.5, 0.6) is 0 Å². The van der Waals surface area contributed by atoms with E-state index in [4.69, 9.17) is 10.2 Å². The molecule has 0 spiro atoms. The molecular weight excluding hydrogens is 276 g/mol. The van der Waals surface area contributed by atoms with Crippen LogP contribution in [0.3, 0.4) is 0 Å². The van der Waals surface area contributed by atoms with Crippen LogP contribution < -0.4 is 5.32 Å². The molecule has 0 saturated carbocycles. The first kappa shape index (κ1) is 14.7. The lowest BCUT2D eigenvalue weighted by Gasteiger charge is -2.14. The van der Waals surface area contributed by atoms with Crippen molar-refractivity contribution in [2.75, 3.05) is 19.0 Å². The van der Waals surface area contributed by atoms with Gasteiger partial charge < -0.3 is 20.3 Å². The Hall–Kier alpha value is -2.67. The first-order valence-electron chi connectivity index (χ1n) is 6.14. The van der Waals surface area contributed by atoms with E-state index in [-0.39, 0.29) is 5.82 Å². The van der Waals surface area contributed by atoms with Crippen LogP contribution in [0.2, 0.25) is 0 Å². The monoisotopic (exact) mass is 290 g/mol. The summed E-state index contributed by atoms with van der Waals surface area (Å²) in [5.41, 5.74) is 0.330. The number of nitrogens with zero attached hydrogens (tertiary/aromatic N) is 1. The van der Waals surface area contributed by atoms with Crippen molar-refractivity contribution in [1.29, 1.82) is 0 Å². The molecule has 3 N–H and O–H groups in total. The molecule has 2 aromatic rings. The van der Waals surface area contributed by atoms with Crippen LogP contribution in [0.15, 0.2) is 30.5 Å². The molecule has 1 atom stereocenters. The zero-order valence-corrected chi connectivity index (χ0v) is 11.2. The number of esters is 1. The van der Waals surface area contributed by atoms with Crippen molar-refractivity contribution >= 4 is 28.5 Å². The Bertz CT molecular complexity index is 686. The molecule has 0 radical (unpaired) electrons. The number of carboxylic acids is 1. The van der Waals surface area contributed by atoms with Crippen molar-refractivity contribution < 1.29 is 24.5 Å². The minimum Gasteiger partial charge on any atom is -0.480 e. The van der Waals surface area contributed by atoms with Crippen molar-refractivity contribution in [1.82, 2.24) is 4.98 Å². The van der Waals surface area contributed by atoms with Crippen LogP contribution in [0.25, 0.3) is 10.8 Å². The summed E-state index contributed by atoms with van der Waals surface area (Å²) in [4.78, 5) is 26.6. The fourth-order valence-electron chi connectivity index (χ4n) is 1.88. The molecule has 110 valence electrons. The van der Waals surface area contributed by atoms with Gasteiger partial charge in [0.05, 0.1) is 19.3 Å². The first-order valence-corrected chi connectivity index (χ1v) is 6.14. The van der Waals surface area contributed by atoms with Crippen molar-refractivity contribution in [2.24, 2.45) is 0 Å². The maximum Gasteiger partial charge on any atom is 0.337 e. The van der Waals surface area contributed by atoms with E-state index >= 15 is 0 Å². The Balaban J connectivity index is 2.47. The van der Waals surface area contributed by atoms with E-state index < -0.39 is 24.6 Å². The third-order valence-electron chi connectivity index (χ3n) is 2.98. The summed E-state index contributed by atoms with van der Waals surface area (Å²) in [5.74, 6) is -1.41. The number of aliphatic hydroxyl groups excluding tert-OH is 1. The Morgan fingerprint density at radius 1 is 1.38 bits per heavy atom. The zero-order valence-electron chi connectivity index (χ0n) is 11.2. The van der Waals surface area contributed by atoms with Crippen molar-refractivity contribution in [3.05, 3.63) is 36.0 Å². The summed E-state index contributed by atoms with van der Waals surface area (Å²) in [6.45, 7) is -0.579. The van der Waals surface area contributed by atoms with Gasteiger partial charge in [-0.3, -0.25) is 0 Å². The van der Waals surface area contributed by atoms with Gasteiger partial charge in [0.15, 0.2) is 0 Å². The molecule has 1 aromatic carbocycles. The van der Waals surface area contributed by atoms with Gasteiger partial charge in [0.25, 0.3) is 0 Å². The highest BCUT2D eigenvalue weighted by atomic mass is 16.5. The number of fused-ring (bicyclic) bond motifs is 1. The molecule has 2 rings (SSSR count). The number of hydrogen-bond donors (Lipinski definition) is 3. The predicted molar refractivity (Wildman–Crippen MR) is 75.2 cm³/mol. The van der Waals surface area contributed by atoms with Crippen LogP contribution >= 0.6 is 0 Å². The average Bonchev–Trinajstić information content (AvgIpc) is 2.51. The largest absolute Gasteiger partial charge is 0.480 e. The first-order chi connectivity index (χ1) is 10.1. The van der Waals surface area contributed by atoms with Gasteiger partial charge in [-0.15, -0.1) is 0 Å². The van der Waals surface area contributed by atoms with E-state index in [1.807, 2.05) is 0 Å². The van der Waals surface area contributed by atoms with Gasteiger partial charge >= 0.3 is 11.9 Å². The highest BCUT2D eigenvalue weighted by Crippen LogP contribution is 2.23. The number of carboxylic acid groups (broad SMARTS) is 1. The molecule has 0 fully saturated rings. The second-order valence-electron chi connectivity index (χ2n) is 4.30. The van der Waals surface area contributed by atoms with Crippen molar-refractivity contribution in [2.45, 2.75) is 6.04 Å². The third-order valence-corrected chi connectivity index (χ3v) is 2.98. The van der Waals surface area contributed by atoms with E-state index in [1.165, 1.54) is 13.3 Å². The smallest absolute Gasteiger partial charge is 0.337 e. The molecule has 0 aliphatic rings. The normalized spacial score (nSPS) is 11.9. The molecule has 0 aliphatic carbocycles. The number of carbonyl (C=O) groups is 2. The Morgan fingerprint density at radius 3 is 2.76 bits per heavy atom. The Labute approximate surface area is 120 Å².